The summed E-state index contributed by atoms with van der Waals surface area (Å²) in [6.45, 7) is 10.3. The normalized spacial score (nSPS) is 12.2. The fourth-order valence-corrected chi connectivity index (χ4v) is 1.30. The number of rotatable bonds is 6. The number of allylic oxidation sites excluding steroid dienone is 3. The highest BCUT2D eigenvalue weighted by molar-refractivity contribution is 5.10. The van der Waals surface area contributed by atoms with E-state index in [1.807, 2.05) is 6.08 Å². The van der Waals surface area contributed by atoms with E-state index >= 15 is 0 Å². The van der Waals surface area contributed by atoms with E-state index in [0.29, 0.717) is 0 Å². The molecule has 0 fully saturated rings. The topological polar surface area (TPSA) is 0 Å². The number of hydrogen-bond donors (Lipinski definition) is 0. The maximum atomic E-state index is 3.77. The third-order valence-electron chi connectivity index (χ3n) is 2.27. The van der Waals surface area contributed by atoms with Crippen molar-refractivity contribution in [3.8, 4) is 0 Å². The molecular formula is C12H21. The molecule has 0 aliphatic carbocycles. The molecule has 69 valence electrons. The average Bonchev–Trinajstić information content (AvgIpc) is 2.12. The molecule has 0 aromatic carbocycles. The molecule has 12 heavy (non-hydrogen) atoms. The molecular weight excluding hydrogens is 144 g/mol. The monoisotopic (exact) mass is 165 g/mol. The predicted molar refractivity (Wildman–Crippen MR) is 57.0 cm³/mol. The van der Waals surface area contributed by atoms with Gasteiger partial charge >= 0.3 is 0 Å². The molecule has 0 N–H and O–H groups in total. The molecule has 0 amide bonds. The molecule has 0 aliphatic heterocycles. The summed E-state index contributed by atoms with van der Waals surface area (Å²) in [6.07, 6.45) is 8.85. The van der Waals surface area contributed by atoms with E-state index < -0.39 is 0 Å². The average molecular weight is 165 g/mol. The largest absolute Gasteiger partial charge is 0.103 e. The van der Waals surface area contributed by atoms with Crippen LogP contribution in [0, 0.1) is 5.92 Å². The second-order valence-corrected chi connectivity index (χ2v) is 3.07. The van der Waals surface area contributed by atoms with Gasteiger partial charge in [-0.25, -0.2) is 0 Å². The molecule has 0 nitrogen and oxygen atoms in total. The summed E-state index contributed by atoms with van der Waals surface area (Å²) >= 11 is 0. The van der Waals surface area contributed by atoms with Gasteiger partial charge in [0.1, 0.15) is 0 Å². The highest BCUT2D eigenvalue weighted by atomic mass is 14.1. The van der Waals surface area contributed by atoms with Crippen LogP contribution in [-0.4, -0.2) is 0 Å². The first kappa shape index (κ1) is 11.5. The van der Waals surface area contributed by atoms with Gasteiger partial charge in [0.2, 0.25) is 0 Å². The van der Waals surface area contributed by atoms with Crippen LogP contribution in [0.5, 0.6) is 0 Å². The maximum Gasteiger partial charge on any atom is -0.0166 e. The lowest BCUT2D eigenvalue weighted by atomic mass is 9.92. The third kappa shape index (κ3) is 4.38. The van der Waals surface area contributed by atoms with Gasteiger partial charge in [0.05, 0.1) is 0 Å². The summed E-state index contributed by atoms with van der Waals surface area (Å²) < 4.78 is 0. The van der Waals surface area contributed by atoms with Crippen molar-refractivity contribution in [2.45, 2.75) is 46.5 Å². The Balaban J connectivity index is 3.90. The summed E-state index contributed by atoms with van der Waals surface area (Å²) in [5, 5.41) is 0. The van der Waals surface area contributed by atoms with E-state index in [0.717, 1.165) is 6.42 Å². The molecule has 0 aromatic rings. The fourth-order valence-electron chi connectivity index (χ4n) is 1.30. The van der Waals surface area contributed by atoms with Crippen molar-refractivity contribution in [3.63, 3.8) is 0 Å². The lowest BCUT2D eigenvalue weighted by molar-refractivity contribution is 0.765. The minimum Gasteiger partial charge on any atom is -0.103 e. The van der Waals surface area contributed by atoms with Crippen molar-refractivity contribution in [2.24, 2.45) is 0 Å². The fraction of sp³-hybridized carbons (Fsp3) is 0.583. The van der Waals surface area contributed by atoms with E-state index in [2.05, 4.69) is 33.4 Å². The smallest absolute Gasteiger partial charge is 0.0166 e. The first-order chi connectivity index (χ1) is 5.78. The molecule has 0 atom stereocenters. The van der Waals surface area contributed by atoms with Gasteiger partial charge in [0, 0.05) is 0 Å². The highest BCUT2D eigenvalue weighted by Crippen LogP contribution is 2.22. The van der Waals surface area contributed by atoms with Crippen LogP contribution in [0.15, 0.2) is 24.3 Å². The first-order valence-electron chi connectivity index (χ1n) is 4.86. The Morgan fingerprint density at radius 1 is 1.25 bits per heavy atom. The van der Waals surface area contributed by atoms with Crippen molar-refractivity contribution >= 4 is 0 Å². The molecule has 0 unspecified atom stereocenters. The molecule has 0 spiro atoms. The standard InChI is InChI=1S/C12H21/c1-5-9-12(8-4)10-11(6-2)7-3/h5-6H,1,7-10H2,2-4H3. The summed E-state index contributed by atoms with van der Waals surface area (Å²) in [6, 6.07) is 0. The molecule has 0 heterocycles. The lowest BCUT2D eigenvalue weighted by Gasteiger charge is -2.13. The van der Waals surface area contributed by atoms with Crippen molar-refractivity contribution < 1.29 is 0 Å². The van der Waals surface area contributed by atoms with E-state index in [1.54, 1.807) is 11.5 Å². The predicted octanol–water partition coefficient (Wildman–Crippen LogP) is 4.29. The van der Waals surface area contributed by atoms with Crippen molar-refractivity contribution in [2.75, 3.05) is 0 Å². The van der Waals surface area contributed by atoms with Gasteiger partial charge in [-0.05, 0) is 38.5 Å². The van der Waals surface area contributed by atoms with Gasteiger partial charge < -0.3 is 0 Å². The van der Waals surface area contributed by atoms with Crippen LogP contribution in [-0.2, 0) is 0 Å². The summed E-state index contributed by atoms with van der Waals surface area (Å²) in [5.41, 5.74) is 1.55. The minimum absolute atomic E-state index is 1.08. The molecule has 0 aliphatic rings. The minimum atomic E-state index is 1.08. The van der Waals surface area contributed by atoms with Crippen LogP contribution in [0.4, 0.5) is 0 Å². The Hall–Kier alpha value is -0.520. The van der Waals surface area contributed by atoms with Crippen LogP contribution >= 0.6 is 0 Å². The van der Waals surface area contributed by atoms with Gasteiger partial charge in [0.15, 0.2) is 0 Å². The van der Waals surface area contributed by atoms with Crippen LogP contribution in [0.3, 0.4) is 0 Å². The molecule has 0 heteroatoms. The Labute approximate surface area is 77.4 Å². The third-order valence-corrected chi connectivity index (χ3v) is 2.27. The van der Waals surface area contributed by atoms with Gasteiger partial charge in [0.25, 0.3) is 0 Å². The zero-order valence-electron chi connectivity index (χ0n) is 8.69. The van der Waals surface area contributed by atoms with Crippen LogP contribution in [0.2, 0.25) is 0 Å². The van der Waals surface area contributed by atoms with Gasteiger partial charge in [-0.2, -0.15) is 0 Å². The Bertz CT molecular complexity index is 142. The zero-order chi connectivity index (χ0) is 9.40. The van der Waals surface area contributed by atoms with Crippen LogP contribution < -0.4 is 0 Å². The van der Waals surface area contributed by atoms with Gasteiger partial charge in [-0.15, -0.1) is 6.58 Å². The van der Waals surface area contributed by atoms with E-state index in [4.69, 9.17) is 0 Å². The van der Waals surface area contributed by atoms with E-state index in [9.17, 15) is 0 Å². The molecule has 1 radical (unpaired) electrons. The summed E-state index contributed by atoms with van der Waals surface area (Å²) in [4.78, 5) is 0. The van der Waals surface area contributed by atoms with Crippen LogP contribution in [0.1, 0.15) is 46.5 Å². The van der Waals surface area contributed by atoms with Crippen molar-refractivity contribution in [1.82, 2.24) is 0 Å². The van der Waals surface area contributed by atoms with Crippen molar-refractivity contribution in [3.05, 3.63) is 30.2 Å². The summed E-state index contributed by atoms with van der Waals surface area (Å²) in [7, 11) is 0. The molecule has 0 rings (SSSR count). The van der Waals surface area contributed by atoms with Crippen LogP contribution in [0.25, 0.3) is 0 Å². The Morgan fingerprint density at radius 3 is 2.25 bits per heavy atom. The second kappa shape index (κ2) is 7.15. The Kier molecular flexibility index (Phi) is 6.84. The quantitative estimate of drug-likeness (QED) is 0.515. The highest BCUT2D eigenvalue weighted by Gasteiger charge is 2.05. The van der Waals surface area contributed by atoms with Gasteiger partial charge in [-0.3, -0.25) is 0 Å². The Morgan fingerprint density at radius 2 is 1.92 bits per heavy atom. The molecule has 0 bridgehead atoms. The molecule has 0 aromatic heterocycles. The van der Waals surface area contributed by atoms with Crippen molar-refractivity contribution in [1.29, 1.82) is 0 Å². The second-order valence-electron chi connectivity index (χ2n) is 3.07. The number of hydrogen-bond acceptors (Lipinski definition) is 0. The SMILES string of the molecule is C=CC[C](CC)CC(=CC)CC. The first-order valence-corrected chi connectivity index (χ1v) is 4.86. The molecule has 0 saturated carbocycles. The zero-order valence-corrected chi connectivity index (χ0v) is 8.69. The lowest BCUT2D eigenvalue weighted by Crippen LogP contribution is -1.96. The van der Waals surface area contributed by atoms with E-state index in [-0.39, 0.29) is 0 Å². The van der Waals surface area contributed by atoms with E-state index in [1.165, 1.54) is 19.3 Å². The van der Waals surface area contributed by atoms with Gasteiger partial charge in [-0.1, -0.05) is 31.6 Å². The maximum absolute atomic E-state index is 3.77. The summed E-state index contributed by atoms with van der Waals surface area (Å²) in [5.74, 6) is 1.60. The molecule has 0 saturated heterocycles.